The molecule has 2 amide bonds. The topological polar surface area (TPSA) is 52.7 Å². The molecule has 0 aromatic carbocycles. The molecular weight excluding hydrogens is 266 g/mol. The van der Waals surface area contributed by atoms with E-state index in [0.717, 1.165) is 25.9 Å². The van der Waals surface area contributed by atoms with Gasteiger partial charge >= 0.3 is 0 Å². The van der Waals surface area contributed by atoms with E-state index in [1.165, 1.54) is 6.42 Å². The Morgan fingerprint density at radius 1 is 1.19 bits per heavy atom. The predicted molar refractivity (Wildman–Crippen MR) is 80.8 cm³/mol. The lowest BCUT2D eigenvalue weighted by atomic mass is 9.88. The summed E-state index contributed by atoms with van der Waals surface area (Å²) in [4.78, 5) is 30.0. The lowest BCUT2D eigenvalue weighted by Gasteiger charge is -2.47. The van der Waals surface area contributed by atoms with Crippen molar-refractivity contribution in [3.05, 3.63) is 0 Å². The molecule has 21 heavy (non-hydrogen) atoms. The predicted octanol–water partition coefficient (Wildman–Crippen LogP) is 1.13. The molecule has 0 aliphatic carbocycles. The molecule has 3 heterocycles. The van der Waals surface area contributed by atoms with E-state index in [-0.39, 0.29) is 23.9 Å². The number of nitrogens with one attached hydrogen (secondary N) is 1. The van der Waals surface area contributed by atoms with Gasteiger partial charge in [-0.1, -0.05) is 13.8 Å². The number of amides is 2. The molecule has 3 saturated heterocycles. The van der Waals surface area contributed by atoms with Crippen molar-refractivity contribution in [3.63, 3.8) is 0 Å². The van der Waals surface area contributed by atoms with E-state index in [4.69, 9.17) is 0 Å². The first-order valence-corrected chi connectivity index (χ1v) is 8.40. The molecule has 3 fully saturated rings. The van der Waals surface area contributed by atoms with Crippen LogP contribution in [0.4, 0.5) is 0 Å². The average Bonchev–Trinajstić information content (AvgIpc) is 3.06. The summed E-state index contributed by atoms with van der Waals surface area (Å²) in [6.07, 6.45) is 4.73. The Bertz CT molecular complexity index is 453. The van der Waals surface area contributed by atoms with Gasteiger partial charge in [0.05, 0.1) is 0 Å². The van der Waals surface area contributed by atoms with Crippen LogP contribution in [-0.2, 0) is 9.59 Å². The number of hydrogen-bond donors (Lipinski definition) is 1. The van der Waals surface area contributed by atoms with Gasteiger partial charge < -0.3 is 10.2 Å². The molecule has 1 N–H and O–H groups in total. The summed E-state index contributed by atoms with van der Waals surface area (Å²) in [5.41, 5.74) is -0.727. The molecule has 0 saturated carbocycles. The Labute approximate surface area is 127 Å². The van der Waals surface area contributed by atoms with Gasteiger partial charge in [-0.15, -0.1) is 0 Å². The highest BCUT2D eigenvalue weighted by molar-refractivity contribution is 5.99. The van der Waals surface area contributed by atoms with Gasteiger partial charge in [0.2, 0.25) is 11.8 Å². The summed E-state index contributed by atoms with van der Waals surface area (Å²) in [7, 11) is 0. The van der Waals surface area contributed by atoms with Crippen LogP contribution >= 0.6 is 0 Å². The molecule has 118 valence electrons. The van der Waals surface area contributed by atoms with Crippen molar-refractivity contribution in [2.24, 2.45) is 0 Å². The van der Waals surface area contributed by atoms with Crippen LogP contribution in [0.25, 0.3) is 0 Å². The minimum absolute atomic E-state index is 0.0258. The first-order chi connectivity index (χ1) is 10.0. The van der Waals surface area contributed by atoms with E-state index in [0.29, 0.717) is 18.9 Å². The molecule has 0 aromatic rings. The molecule has 5 nitrogen and oxygen atoms in total. The van der Waals surface area contributed by atoms with Crippen molar-refractivity contribution < 1.29 is 9.59 Å². The Hall–Kier alpha value is -1.10. The second-order valence-corrected chi connectivity index (χ2v) is 6.91. The molecule has 3 rings (SSSR count). The lowest BCUT2D eigenvalue weighted by Crippen LogP contribution is -2.71. The third-order valence-electron chi connectivity index (χ3n) is 5.77. The third-order valence-corrected chi connectivity index (χ3v) is 5.77. The Balaban J connectivity index is 1.92. The molecule has 4 unspecified atom stereocenters. The maximum Gasteiger partial charge on any atom is 0.249 e. The average molecular weight is 293 g/mol. The Morgan fingerprint density at radius 2 is 1.95 bits per heavy atom. The second kappa shape index (κ2) is 5.27. The number of rotatable bonds is 3. The van der Waals surface area contributed by atoms with Gasteiger partial charge in [0.25, 0.3) is 0 Å². The molecule has 0 aromatic heterocycles. The van der Waals surface area contributed by atoms with Crippen molar-refractivity contribution in [2.45, 2.75) is 76.5 Å². The first kappa shape index (κ1) is 14.8. The highest BCUT2D eigenvalue weighted by Gasteiger charge is 2.52. The van der Waals surface area contributed by atoms with E-state index < -0.39 is 5.54 Å². The summed E-state index contributed by atoms with van der Waals surface area (Å²) in [6.45, 7) is 8.06. The molecule has 3 aliphatic heterocycles. The van der Waals surface area contributed by atoms with Crippen molar-refractivity contribution in [1.82, 2.24) is 15.1 Å². The van der Waals surface area contributed by atoms with E-state index in [2.05, 4.69) is 10.2 Å². The zero-order chi connectivity index (χ0) is 15.2. The minimum Gasteiger partial charge on any atom is -0.340 e. The zero-order valence-electron chi connectivity index (χ0n) is 13.4. The maximum absolute atomic E-state index is 13.1. The van der Waals surface area contributed by atoms with Gasteiger partial charge in [-0.05, 0) is 45.6 Å². The monoisotopic (exact) mass is 293 g/mol. The Kier molecular flexibility index (Phi) is 3.72. The van der Waals surface area contributed by atoms with Crippen LogP contribution in [0.3, 0.4) is 0 Å². The summed E-state index contributed by atoms with van der Waals surface area (Å²) in [5, 5.41) is 2.96. The van der Waals surface area contributed by atoms with Gasteiger partial charge in [0, 0.05) is 18.6 Å². The van der Waals surface area contributed by atoms with Crippen LogP contribution in [0, 0.1) is 0 Å². The van der Waals surface area contributed by atoms with Crippen LogP contribution in [0.2, 0.25) is 0 Å². The van der Waals surface area contributed by atoms with Gasteiger partial charge in [-0.25, -0.2) is 0 Å². The highest BCUT2D eigenvalue weighted by atomic mass is 16.2. The van der Waals surface area contributed by atoms with Crippen LogP contribution in [0.15, 0.2) is 0 Å². The van der Waals surface area contributed by atoms with E-state index in [9.17, 15) is 9.59 Å². The van der Waals surface area contributed by atoms with Crippen LogP contribution in [0.1, 0.15) is 52.9 Å². The summed E-state index contributed by atoms with van der Waals surface area (Å²) < 4.78 is 0. The van der Waals surface area contributed by atoms with E-state index >= 15 is 0 Å². The quantitative estimate of drug-likeness (QED) is 0.848. The normalized spacial score (nSPS) is 40.5. The molecule has 4 atom stereocenters. The summed E-state index contributed by atoms with van der Waals surface area (Å²) in [6, 6.07) is 0.402. The number of carbonyl (C=O) groups excluding carboxylic acids is 2. The van der Waals surface area contributed by atoms with Gasteiger partial charge in [-0.3, -0.25) is 14.5 Å². The molecule has 0 radical (unpaired) electrons. The van der Waals surface area contributed by atoms with Gasteiger partial charge in [0.15, 0.2) is 0 Å². The number of hydrogen-bond acceptors (Lipinski definition) is 3. The smallest absolute Gasteiger partial charge is 0.249 e. The van der Waals surface area contributed by atoms with Crippen LogP contribution in [-0.4, -0.2) is 58.4 Å². The molecule has 0 bridgehead atoms. The zero-order valence-corrected chi connectivity index (χ0v) is 13.4. The van der Waals surface area contributed by atoms with Crippen molar-refractivity contribution in [1.29, 1.82) is 0 Å². The number of piperazine rings is 1. The summed E-state index contributed by atoms with van der Waals surface area (Å²) in [5.74, 6) is 0.146. The van der Waals surface area contributed by atoms with Crippen molar-refractivity contribution >= 4 is 11.8 Å². The molecule has 5 heteroatoms. The number of carbonyl (C=O) groups is 2. The highest BCUT2D eigenvalue weighted by Crippen LogP contribution is 2.35. The molecule has 0 spiro atoms. The third kappa shape index (κ3) is 2.17. The Morgan fingerprint density at radius 3 is 2.62 bits per heavy atom. The minimum atomic E-state index is -0.727. The lowest BCUT2D eigenvalue weighted by molar-refractivity contribution is -0.158. The van der Waals surface area contributed by atoms with Gasteiger partial charge in [0.1, 0.15) is 11.6 Å². The van der Waals surface area contributed by atoms with E-state index in [1.807, 2.05) is 25.7 Å². The van der Waals surface area contributed by atoms with Crippen molar-refractivity contribution in [2.75, 3.05) is 13.1 Å². The fraction of sp³-hybridized carbons (Fsp3) is 0.875. The van der Waals surface area contributed by atoms with Gasteiger partial charge in [-0.2, -0.15) is 0 Å². The largest absolute Gasteiger partial charge is 0.340 e. The summed E-state index contributed by atoms with van der Waals surface area (Å²) >= 11 is 0. The maximum atomic E-state index is 13.1. The fourth-order valence-electron chi connectivity index (χ4n) is 4.35. The van der Waals surface area contributed by atoms with Crippen LogP contribution < -0.4 is 5.32 Å². The molecular formula is C16H27N3O2. The number of fused-ring (bicyclic) bond motifs is 1. The fourth-order valence-corrected chi connectivity index (χ4v) is 4.35. The SMILES string of the molecule is CCC1C(=O)NC(C)(CC)C(=O)N1C1CCN2CCCC12. The first-order valence-electron chi connectivity index (χ1n) is 8.40. The van der Waals surface area contributed by atoms with Crippen molar-refractivity contribution in [3.8, 4) is 0 Å². The van der Waals surface area contributed by atoms with E-state index in [1.54, 1.807) is 0 Å². The van der Waals surface area contributed by atoms with Crippen LogP contribution in [0.5, 0.6) is 0 Å². The number of nitrogens with zero attached hydrogens (tertiary/aromatic N) is 2. The standard InChI is InChI=1S/C16H27N3O2/c1-4-11-14(20)17-16(3,5-2)15(21)19(11)13-8-10-18-9-6-7-12(13)18/h11-13H,4-10H2,1-3H3,(H,17,20). The second-order valence-electron chi connectivity index (χ2n) is 6.91. The molecule has 3 aliphatic rings.